The van der Waals surface area contributed by atoms with E-state index >= 15 is 0 Å². The summed E-state index contributed by atoms with van der Waals surface area (Å²) in [6.07, 6.45) is 6.79. The maximum absolute atomic E-state index is 5.82. The number of hydrogen-bond donors (Lipinski definition) is 0. The van der Waals surface area contributed by atoms with Gasteiger partial charge >= 0.3 is 0 Å². The van der Waals surface area contributed by atoms with Crippen LogP contribution in [0.3, 0.4) is 0 Å². The second-order valence-electron chi connectivity index (χ2n) is 5.66. The maximum atomic E-state index is 5.82. The Hall–Kier alpha value is -1.30. The summed E-state index contributed by atoms with van der Waals surface area (Å²) in [6, 6.07) is 10.3. The molecule has 0 heterocycles. The minimum Gasteiger partial charge on any atom is -0.372 e. The second kappa shape index (κ2) is 10.5. The van der Waals surface area contributed by atoms with Crippen LogP contribution in [0.15, 0.2) is 47.7 Å². The summed E-state index contributed by atoms with van der Waals surface area (Å²) in [7, 11) is 0. The molecule has 0 radical (unpaired) electrons. The van der Waals surface area contributed by atoms with Gasteiger partial charge in [0.1, 0.15) is 0 Å². The summed E-state index contributed by atoms with van der Waals surface area (Å²) in [5.74, 6) is 0.695. The van der Waals surface area contributed by atoms with E-state index < -0.39 is 0 Å². The van der Waals surface area contributed by atoms with Gasteiger partial charge in [-0.2, -0.15) is 0 Å². The van der Waals surface area contributed by atoms with Gasteiger partial charge in [0.2, 0.25) is 0 Å². The van der Waals surface area contributed by atoms with Crippen LogP contribution in [0.1, 0.15) is 52.0 Å². The van der Waals surface area contributed by atoms with Crippen molar-refractivity contribution in [1.82, 2.24) is 0 Å². The first kappa shape index (κ1) is 16.8. The smallest absolute Gasteiger partial charge is 0.0755 e. The maximum Gasteiger partial charge on any atom is 0.0755 e. The molecule has 0 unspecified atom stereocenters. The van der Waals surface area contributed by atoms with Crippen molar-refractivity contribution in [3.63, 3.8) is 0 Å². The fraction of sp³-hybridized carbons (Fsp3) is 0.526. The molecule has 0 spiro atoms. The van der Waals surface area contributed by atoms with Gasteiger partial charge in [0.25, 0.3) is 0 Å². The summed E-state index contributed by atoms with van der Waals surface area (Å²) in [5.41, 5.74) is 5.96. The van der Waals surface area contributed by atoms with Crippen LogP contribution in [-0.4, -0.2) is 6.61 Å². The van der Waals surface area contributed by atoms with Crippen LogP contribution in [0.4, 0.5) is 0 Å². The number of benzene rings is 1. The molecule has 1 aromatic rings. The summed E-state index contributed by atoms with van der Waals surface area (Å²) in [6.45, 7) is 8.07. The predicted molar refractivity (Wildman–Crippen MR) is 86.7 cm³/mol. The average Bonchev–Trinajstić information content (AvgIpc) is 2.45. The number of rotatable bonds is 9. The monoisotopic (exact) mass is 272 g/mol. The molecule has 0 N–H and O–H groups in total. The zero-order valence-electron chi connectivity index (χ0n) is 13.2. The van der Waals surface area contributed by atoms with E-state index in [0.29, 0.717) is 19.1 Å². The van der Waals surface area contributed by atoms with Crippen LogP contribution in [0.2, 0.25) is 0 Å². The summed E-state index contributed by atoms with van der Waals surface area (Å²) < 4.78 is 5.82. The molecule has 1 rings (SSSR count). The molecule has 0 aliphatic rings. The van der Waals surface area contributed by atoms with Gasteiger partial charge in [-0.05, 0) is 42.4 Å². The lowest BCUT2D eigenvalue weighted by Gasteiger charge is -2.06. The number of ether oxygens (including phenoxy) is 1. The highest BCUT2D eigenvalue weighted by atomic mass is 16.5. The first-order valence-corrected chi connectivity index (χ1v) is 7.77. The highest BCUT2D eigenvalue weighted by Crippen LogP contribution is 2.09. The fourth-order valence-electron chi connectivity index (χ4n) is 1.88. The van der Waals surface area contributed by atoms with E-state index in [1.165, 1.54) is 24.0 Å². The number of unbranched alkanes of at least 4 members (excludes halogenated alkanes) is 1. The van der Waals surface area contributed by atoms with Crippen molar-refractivity contribution in [2.24, 2.45) is 5.92 Å². The molecule has 1 nitrogen and oxygen atoms in total. The van der Waals surface area contributed by atoms with E-state index in [1.807, 2.05) is 6.07 Å². The van der Waals surface area contributed by atoms with Gasteiger partial charge < -0.3 is 4.74 Å². The number of hydrogen-bond acceptors (Lipinski definition) is 1. The molecule has 0 atom stereocenters. The molecule has 1 aromatic carbocycles. The van der Waals surface area contributed by atoms with Crippen LogP contribution in [0.5, 0.6) is 0 Å². The lowest BCUT2D eigenvalue weighted by Crippen LogP contribution is -1.98. The Kier molecular flexibility index (Phi) is 8.78. The molecule has 110 valence electrons. The predicted octanol–water partition coefficient (Wildman–Crippen LogP) is 5.52. The largest absolute Gasteiger partial charge is 0.372 e. The van der Waals surface area contributed by atoms with Crippen molar-refractivity contribution in [3.05, 3.63) is 53.3 Å². The van der Waals surface area contributed by atoms with E-state index in [-0.39, 0.29) is 0 Å². The third-order valence-corrected chi connectivity index (χ3v) is 3.12. The molecule has 20 heavy (non-hydrogen) atoms. The van der Waals surface area contributed by atoms with Gasteiger partial charge in [0.15, 0.2) is 0 Å². The normalized spacial score (nSPS) is 10.4. The van der Waals surface area contributed by atoms with Crippen molar-refractivity contribution >= 4 is 0 Å². The van der Waals surface area contributed by atoms with Crippen LogP contribution in [0, 0.1) is 5.92 Å². The van der Waals surface area contributed by atoms with Crippen LogP contribution in [-0.2, 0) is 11.3 Å². The Morgan fingerprint density at radius 1 is 1.25 bits per heavy atom. The Bertz CT molecular complexity index is 411. The van der Waals surface area contributed by atoms with Crippen molar-refractivity contribution in [2.45, 2.75) is 53.1 Å². The highest BCUT2D eigenvalue weighted by molar-refractivity contribution is 5.13. The Morgan fingerprint density at radius 3 is 2.65 bits per heavy atom. The van der Waals surface area contributed by atoms with Gasteiger partial charge in [-0.3, -0.25) is 0 Å². The minimum atomic E-state index is 0.683. The van der Waals surface area contributed by atoms with Gasteiger partial charge in [0, 0.05) is 0 Å². The molecule has 0 fully saturated rings. The molecule has 1 heteroatoms. The van der Waals surface area contributed by atoms with Crippen molar-refractivity contribution in [1.29, 1.82) is 0 Å². The van der Waals surface area contributed by atoms with E-state index in [9.17, 15) is 0 Å². The SMILES string of the molecule is CCCCC(=C=CCC(C)C)COCc1ccccc1. The third-order valence-electron chi connectivity index (χ3n) is 3.12. The average molecular weight is 272 g/mol. The Balaban J connectivity index is 2.45. The molecule has 0 saturated carbocycles. The molecular weight excluding hydrogens is 244 g/mol. The van der Waals surface area contributed by atoms with E-state index in [4.69, 9.17) is 4.74 Å². The van der Waals surface area contributed by atoms with Crippen molar-refractivity contribution < 1.29 is 4.74 Å². The van der Waals surface area contributed by atoms with Gasteiger partial charge in [0.05, 0.1) is 13.2 Å². The Labute approximate surface area is 124 Å². The first-order chi connectivity index (χ1) is 9.72. The molecule has 0 amide bonds. The standard InChI is InChI=1S/C19H28O/c1-4-5-11-18(14-9-10-17(2)3)15-20-16-19-12-7-6-8-13-19/h6-9,12-13,17H,4-5,10-11,15-16H2,1-3H3. The second-order valence-corrected chi connectivity index (χ2v) is 5.66. The van der Waals surface area contributed by atoms with Crippen molar-refractivity contribution in [3.8, 4) is 0 Å². The topological polar surface area (TPSA) is 9.23 Å². The van der Waals surface area contributed by atoms with Crippen molar-refractivity contribution in [2.75, 3.05) is 6.61 Å². The minimum absolute atomic E-state index is 0.683. The van der Waals surface area contributed by atoms with Gasteiger partial charge in [-0.1, -0.05) is 57.5 Å². The van der Waals surface area contributed by atoms with Crippen LogP contribution >= 0.6 is 0 Å². The fourth-order valence-corrected chi connectivity index (χ4v) is 1.88. The summed E-state index contributed by atoms with van der Waals surface area (Å²) >= 11 is 0. The Morgan fingerprint density at radius 2 is 2.00 bits per heavy atom. The zero-order chi connectivity index (χ0) is 14.6. The lowest BCUT2D eigenvalue weighted by atomic mass is 10.1. The quantitative estimate of drug-likeness (QED) is 0.538. The van der Waals surface area contributed by atoms with Gasteiger partial charge in [-0.25, -0.2) is 0 Å². The molecule has 0 aromatic heterocycles. The highest BCUT2D eigenvalue weighted by Gasteiger charge is 1.98. The van der Waals surface area contributed by atoms with E-state index in [0.717, 1.165) is 12.8 Å². The summed E-state index contributed by atoms with van der Waals surface area (Å²) in [5, 5.41) is 0. The molecule has 0 bridgehead atoms. The molecule has 0 aliphatic heterocycles. The lowest BCUT2D eigenvalue weighted by molar-refractivity contribution is 0.140. The third kappa shape index (κ3) is 7.99. The zero-order valence-corrected chi connectivity index (χ0v) is 13.2. The van der Waals surface area contributed by atoms with E-state index in [2.05, 4.69) is 56.8 Å². The first-order valence-electron chi connectivity index (χ1n) is 7.77. The molecular formula is C19H28O. The van der Waals surface area contributed by atoms with E-state index in [1.54, 1.807) is 0 Å². The van der Waals surface area contributed by atoms with Crippen LogP contribution in [0.25, 0.3) is 0 Å². The molecule has 0 saturated heterocycles. The summed E-state index contributed by atoms with van der Waals surface area (Å²) in [4.78, 5) is 0. The van der Waals surface area contributed by atoms with Crippen LogP contribution < -0.4 is 0 Å². The molecule has 0 aliphatic carbocycles. The van der Waals surface area contributed by atoms with Gasteiger partial charge in [-0.15, -0.1) is 5.73 Å².